The maximum absolute atomic E-state index is 12.0. The molecule has 0 radical (unpaired) electrons. The molecule has 0 saturated carbocycles. The average molecular weight is 287 g/mol. The Morgan fingerprint density at radius 3 is 2.52 bits per heavy atom. The Morgan fingerprint density at radius 1 is 1.10 bits per heavy atom. The number of phenols is 2. The zero-order valence-electron chi connectivity index (χ0n) is 11.2. The minimum atomic E-state index is -0.606. The van der Waals surface area contributed by atoms with Crippen LogP contribution in [-0.2, 0) is 4.74 Å². The fourth-order valence-electron chi connectivity index (χ4n) is 1.75. The molecule has 0 fully saturated rings. The summed E-state index contributed by atoms with van der Waals surface area (Å²) >= 11 is 0. The topological polar surface area (TPSA) is 95.9 Å². The van der Waals surface area contributed by atoms with E-state index in [9.17, 15) is 19.8 Å². The summed E-state index contributed by atoms with van der Waals surface area (Å²) in [5, 5.41) is 21.5. The first-order valence-corrected chi connectivity index (χ1v) is 6.03. The second-order valence-corrected chi connectivity index (χ2v) is 4.20. The van der Waals surface area contributed by atoms with Gasteiger partial charge in [-0.25, -0.2) is 4.79 Å². The zero-order chi connectivity index (χ0) is 15.4. The van der Waals surface area contributed by atoms with E-state index >= 15 is 0 Å². The van der Waals surface area contributed by atoms with Crippen molar-refractivity contribution >= 4 is 17.6 Å². The minimum absolute atomic E-state index is 0.0709. The molecule has 108 valence electrons. The highest BCUT2D eigenvalue weighted by molar-refractivity contribution is 6.07. The van der Waals surface area contributed by atoms with Crippen LogP contribution in [0.3, 0.4) is 0 Å². The molecule has 0 bridgehead atoms. The summed E-state index contributed by atoms with van der Waals surface area (Å²) in [7, 11) is 1.26. The monoisotopic (exact) mass is 287 g/mol. The molecule has 3 N–H and O–H groups in total. The number of anilines is 1. The van der Waals surface area contributed by atoms with Crippen molar-refractivity contribution in [3.63, 3.8) is 0 Å². The third-order valence-electron chi connectivity index (χ3n) is 2.80. The smallest absolute Gasteiger partial charge is 0.337 e. The van der Waals surface area contributed by atoms with E-state index in [2.05, 4.69) is 10.1 Å². The van der Waals surface area contributed by atoms with Gasteiger partial charge in [-0.15, -0.1) is 0 Å². The number of para-hydroxylation sites is 1. The second kappa shape index (κ2) is 5.96. The van der Waals surface area contributed by atoms with E-state index < -0.39 is 17.6 Å². The Kier molecular flexibility index (Phi) is 4.08. The van der Waals surface area contributed by atoms with Gasteiger partial charge in [-0.2, -0.15) is 0 Å². The summed E-state index contributed by atoms with van der Waals surface area (Å²) in [5.74, 6) is -2.01. The predicted molar refractivity (Wildman–Crippen MR) is 75.5 cm³/mol. The number of hydrogen-bond acceptors (Lipinski definition) is 5. The number of nitrogens with one attached hydrogen (secondary N) is 1. The third-order valence-corrected chi connectivity index (χ3v) is 2.80. The quantitative estimate of drug-likeness (QED) is 0.593. The van der Waals surface area contributed by atoms with Gasteiger partial charge in [-0.05, 0) is 30.3 Å². The molecule has 2 aromatic carbocycles. The van der Waals surface area contributed by atoms with Crippen molar-refractivity contribution in [2.75, 3.05) is 12.4 Å². The molecule has 21 heavy (non-hydrogen) atoms. The van der Waals surface area contributed by atoms with Crippen LogP contribution >= 0.6 is 0 Å². The molecule has 0 heterocycles. The second-order valence-electron chi connectivity index (χ2n) is 4.20. The molecule has 0 aliphatic heterocycles. The molecule has 0 aliphatic carbocycles. The van der Waals surface area contributed by atoms with Gasteiger partial charge in [0.1, 0.15) is 0 Å². The molecule has 0 spiro atoms. The minimum Gasteiger partial charge on any atom is -0.504 e. The van der Waals surface area contributed by atoms with Gasteiger partial charge in [-0.1, -0.05) is 12.1 Å². The first kappa shape index (κ1) is 14.4. The molecular weight excluding hydrogens is 274 g/mol. The number of benzene rings is 2. The van der Waals surface area contributed by atoms with Crippen molar-refractivity contribution in [2.45, 2.75) is 0 Å². The van der Waals surface area contributed by atoms with Gasteiger partial charge < -0.3 is 20.3 Å². The van der Waals surface area contributed by atoms with Gasteiger partial charge in [0.05, 0.1) is 18.2 Å². The summed E-state index contributed by atoms with van der Waals surface area (Å²) in [6.07, 6.45) is 0. The van der Waals surface area contributed by atoms with Crippen LogP contribution in [0.25, 0.3) is 0 Å². The summed E-state index contributed by atoms with van der Waals surface area (Å²) < 4.78 is 4.59. The Morgan fingerprint density at radius 2 is 1.81 bits per heavy atom. The lowest BCUT2D eigenvalue weighted by molar-refractivity contribution is 0.0600. The van der Waals surface area contributed by atoms with Crippen molar-refractivity contribution in [1.29, 1.82) is 0 Å². The Labute approximate surface area is 120 Å². The van der Waals surface area contributed by atoms with Gasteiger partial charge in [0.2, 0.25) is 0 Å². The molecule has 0 unspecified atom stereocenters. The number of phenolic OH excluding ortho intramolecular Hbond substituents is 2. The number of carbonyl (C=O) groups is 2. The van der Waals surface area contributed by atoms with E-state index in [1.807, 2.05) is 0 Å². The highest BCUT2D eigenvalue weighted by Gasteiger charge is 2.14. The fourth-order valence-corrected chi connectivity index (χ4v) is 1.75. The first-order chi connectivity index (χ1) is 10.0. The van der Waals surface area contributed by atoms with Crippen LogP contribution < -0.4 is 5.32 Å². The number of rotatable bonds is 3. The van der Waals surface area contributed by atoms with Gasteiger partial charge >= 0.3 is 5.97 Å². The molecule has 0 aliphatic rings. The third kappa shape index (κ3) is 3.11. The zero-order valence-corrected chi connectivity index (χ0v) is 11.2. The van der Waals surface area contributed by atoms with Crippen LogP contribution in [0.2, 0.25) is 0 Å². The van der Waals surface area contributed by atoms with E-state index in [0.717, 1.165) is 0 Å². The molecule has 6 nitrogen and oxygen atoms in total. The summed E-state index contributed by atoms with van der Waals surface area (Å²) in [6.45, 7) is 0. The maximum atomic E-state index is 12.0. The van der Waals surface area contributed by atoms with E-state index in [1.54, 1.807) is 18.2 Å². The van der Waals surface area contributed by atoms with Gasteiger partial charge in [0.15, 0.2) is 11.5 Å². The van der Waals surface area contributed by atoms with Crippen LogP contribution in [0.4, 0.5) is 5.69 Å². The molecule has 0 aromatic heterocycles. The summed E-state index contributed by atoms with van der Waals surface area (Å²) in [5.41, 5.74) is 0.583. The molecule has 0 saturated heterocycles. The van der Waals surface area contributed by atoms with E-state index in [1.165, 1.54) is 31.4 Å². The van der Waals surface area contributed by atoms with Crippen LogP contribution in [0.5, 0.6) is 11.5 Å². The number of ether oxygens (including phenoxy) is 1. The number of esters is 1. The van der Waals surface area contributed by atoms with Crippen molar-refractivity contribution in [1.82, 2.24) is 0 Å². The number of amides is 1. The van der Waals surface area contributed by atoms with Crippen molar-refractivity contribution in [3.8, 4) is 11.5 Å². The highest BCUT2D eigenvalue weighted by atomic mass is 16.5. The number of carbonyl (C=O) groups excluding carboxylic acids is 2. The van der Waals surface area contributed by atoms with Crippen LogP contribution in [-0.4, -0.2) is 29.2 Å². The lowest BCUT2D eigenvalue weighted by atomic mass is 10.1. The Hall–Kier alpha value is -3.02. The molecule has 0 atom stereocenters. The van der Waals surface area contributed by atoms with Crippen LogP contribution in [0.1, 0.15) is 20.7 Å². The molecule has 2 aromatic rings. The van der Waals surface area contributed by atoms with Gasteiger partial charge in [0, 0.05) is 5.69 Å². The van der Waals surface area contributed by atoms with Crippen molar-refractivity contribution < 1.29 is 24.5 Å². The van der Waals surface area contributed by atoms with Gasteiger partial charge in [0.25, 0.3) is 5.91 Å². The van der Waals surface area contributed by atoms with E-state index in [-0.39, 0.29) is 16.9 Å². The predicted octanol–water partition coefficient (Wildman–Crippen LogP) is 2.14. The number of aromatic hydroxyl groups is 2. The Balaban J connectivity index is 2.24. The first-order valence-electron chi connectivity index (χ1n) is 6.03. The standard InChI is InChI=1S/C15H13NO5/c1-21-15(20)9-4-2-5-10(8-9)16-14(19)11-6-3-7-12(17)13(11)18/h2-8,17-18H,1H3,(H,16,19). The van der Waals surface area contributed by atoms with E-state index in [0.29, 0.717) is 5.69 Å². The molecular formula is C15H13NO5. The molecule has 2 rings (SSSR count). The molecule has 1 amide bonds. The number of methoxy groups -OCH3 is 1. The van der Waals surface area contributed by atoms with Gasteiger partial charge in [-0.3, -0.25) is 4.79 Å². The SMILES string of the molecule is COC(=O)c1cccc(NC(=O)c2cccc(O)c2O)c1. The molecule has 6 heteroatoms. The lowest BCUT2D eigenvalue weighted by Gasteiger charge is -2.08. The van der Waals surface area contributed by atoms with Crippen molar-refractivity contribution in [3.05, 3.63) is 53.6 Å². The van der Waals surface area contributed by atoms with Crippen LogP contribution in [0.15, 0.2) is 42.5 Å². The number of hydrogen-bond donors (Lipinski definition) is 3. The maximum Gasteiger partial charge on any atom is 0.337 e. The normalized spacial score (nSPS) is 9.95. The summed E-state index contributed by atoms with van der Waals surface area (Å²) in [6, 6.07) is 10.2. The fraction of sp³-hybridized carbons (Fsp3) is 0.0667. The highest BCUT2D eigenvalue weighted by Crippen LogP contribution is 2.28. The lowest BCUT2D eigenvalue weighted by Crippen LogP contribution is -2.12. The largest absolute Gasteiger partial charge is 0.504 e. The van der Waals surface area contributed by atoms with Crippen LogP contribution in [0, 0.1) is 0 Å². The Bertz CT molecular complexity index is 696. The van der Waals surface area contributed by atoms with E-state index in [4.69, 9.17) is 0 Å². The van der Waals surface area contributed by atoms with Crippen molar-refractivity contribution in [2.24, 2.45) is 0 Å². The average Bonchev–Trinajstić information content (AvgIpc) is 2.49. The summed E-state index contributed by atoms with van der Waals surface area (Å²) in [4.78, 5) is 23.5.